The van der Waals surface area contributed by atoms with Crippen molar-refractivity contribution in [1.29, 1.82) is 0 Å². The minimum absolute atomic E-state index is 0.0767. The Kier molecular flexibility index (Phi) is 5.57. The molecule has 11 aromatic rings. The average Bonchev–Trinajstić information content (AvgIpc) is 3.83. The van der Waals surface area contributed by atoms with E-state index in [1.54, 1.807) is 0 Å². The van der Waals surface area contributed by atoms with Crippen LogP contribution in [0.1, 0.15) is 25.0 Å². The molecule has 3 nitrogen and oxygen atoms in total. The number of nitrogens with zero attached hydrogens (tertiary/aromatic N) is 3. The first-order valence-electron chi connectivity index (χ1n) is 18.5. The molecule has 0 saturated carbocycles. The Bertz CT molecular complexity index is 3370. The number of benzene rings is 8. The van der Waals surface area contributed by atoms with Crippen LogP contribution >= 0.6 is 0 Å². The fourth-order valence-corrected chi connectivity index (χ4v) is 9.57. The van der Waals surface area contributed by atoms with E-state index in [9.17, 15) is 0 Å². The highest BCUT2D eigenvalue weighted by Gasteiger charge is 2.36. The van der Waals surface area contributed by atoms with Crippen LogP contribution in [-0.4, -0.2) is 14.0 Å². The number of imidazole rings is 1. The van der Waals surface area contributed by atoms with Crippen LogP contribution in [0.2, 0.25) is 0 Å². The number of fused-ring (bicyclic) bond motifs is 16. The molecule has 53 heavy (non-hydrogen) atoms. The van der Waals surface area contributed by atoms with E-state index < -0.39 is 0 Å². The summed E-state index contributed by atoms with van der Waals surface area (Å²) >= 11 is 0. The van der Waals surface area contributed by atoms with Gasteiger partial charge in [-0.1, -0.05) is 123 Å². The quantitative estimate of drug-likeness (QED) is 0.167. The number of aromatic nitrogens is 3. The third-order valence-electron chi connectivity index (χ3n) is 12.1. The SMILES string of the molecule is CC1(C)c2ccccc2-c2cc3c4ccccc4n(-c4cccc(-c5ccc6c7c8ccccc8ccc7c7nc8ccccc8n7c6c5)c4)c3cc21. The van der Waals surface area contributed by atoms with Crippen LogP contribution in [0.4, 0.5) is 0 Å². The number of hydrogen-bond donors (Lipinski definition) is 0. The lowest BCUT2D eigenvalue weighted by Gasteiger charge is -2.21. The molecule has 248 valence electrons. The lowest BCUT2D eigenvalue weighted by Crippen LogP contribution is -2.14. The Morgan fingerprint density at radius 2 is 1.21 bits per heavy atom. The highest BCUT2D eigenvalue weighted by Crippen LogP contribution is 2.51. The number of hydrogen-bond acceptors (Lipinski definition) is 1. The molecule has 12 rings (SSSR count). The van der Waals surface area contributed by atoms with Crippen molar-refractivity contribution in [3.05, 3.63) is 175 Å². The van der Waals surface area contributed by atoms with Crippen LogP contribution in [0, 0.1) is 0 Å². The van der Waals surface area contributed by atoms with Crippen molar-refractivity contribution in [2.24, 2.45) is 0 Å². The van der Waals surface area contributed by atoms with E-state index in [1.807, 2.05) is 0 Å². The maximum atomic E-state index is 5.22. The van der Waals surface area contributed by atoms with Gasteiger partial charge in [0.25, 0.3) is 0 Å². The summed E-state index contributed by atoms with van der Waals surface area (Å²) in [6.45, 7) is 4.73. The topological polar surface area (TPSA) is 22.2 Å². The third-order valence-corrected chi connectivity index (χ3v) is 12.1. The molecule has 3 aromatic heterocycles. The lowest BCUT2D eigenvalue weighted by molar-refractivity contribution is 0.661. The van der Waals surface area contributed by atoms with Crippen molar-refractivity contribution in [3.8, 4) is 27.9 Å². The van der Waals surface area contributed by atoms with E-state index in [-0.39, 0.29) is 5.41 Å². The van der Waals surface area contributed by atoms with Crippen LogP contribution in [0.5, 0.6) is 0 Å². The summed E-state index contributed by atoms with van der Waals surface area (Å²) in [6.07, 6.45) is 0. The van der Waals surface area contributed by atoms with Crippen molar-refractivity contribution in [1.82, 2.24) is 14.0 Å². The van der Waals surface area contributed by atoms with Crippen LogP contribution in [-0.2, 0) is 5.41 Å². The normalized spacial score (nSPS) is 13.6. The predicted octanol–water partition coefficient (Wildman–Crippen LogP) is 13.0. The van der Waals surface area contributed by atoms with E-state index in [2.05, 4.69) is 187 Å². The average molecular weight is 676 g/mol. The molecule has 3 heteroatoms. The maximum absolute atomic E-state index is 5.22. The van der Waals surface area contributed by atoms with Crippen molar-refractivity contribution >= 4 is 70.9 Å². The van der Waals surface area contributed by atoms with E-state index in [0.29, 0.717) is 0 Å². The van der Waals surface area contributed by atoms with Crippen LogP contribution in [0.3, 0.4) is 0 Å². The molecule has 0 saturated heterocycles. The largest absolute Gasteiger partial charge is 0.309 e. The van der Waals surface area contributed by atoms with Crippen LogP contribution in [0.15, 0.2) is 164 Å². The van der Waals surface area contributed by atoms with Gasteiger partial charge in [-0.25, -0.2) is 4.98 Å². The van der Waals surface area contributed by atoms with E-state index >= 15 is 0 Å². The summed E-state index contributed by atoms with van der Waals surface area (Å²) in [5, 5.41) is 8.71. The van der Waals surface area contributed by atoms with Gasteiger partial charge in [0, 0.05) is 38.0 Å². The van der Waals surface area contributed by atoms with E-state index in [1.165, 1.54) is 82.1 Å². The van der Waals surface area contributed by atoms with E-state index in [4.69, 9.17) is 4.98 Å². The van der Waals surface area contributed by atoms with Gasteiger partial charge in [0.15, 0.2) is 0 Å². The monoisotopic (exact) mass is 675 g/mol. The molecular formula is C50H33N3. The number of pyridine rings is 1. The Hall–Kier alpha value is -6.71. The first-order valence-corrected chi connectivity index (χ1v) is 18.5. The Labute approximate surface area is 306 Å². The summed E-state index contributed by atoms with van der Waals surface area (Å²) in [7, 11) is 0. The summed E-state index contributed by atoms with van der Waals surface area (Å²) in [6, 6.07) is 60.4. The second kappa shape index (κ2) is 10.2. The van der Waals surface area contributed by atoms with Gasteiger partial charge < -0.3 is 4.57 Å². The Balaban J connectivity index is 1.11. The van der Waals surface area contributed by atoms with Gasteiger partial charge in [-0.2, -0.15) is 0 Å². The highest BCUT2D eigenvalue weighted by atomic mass is 15.0. The van der Waals surface area contributed by atoms with Crippen molar-refractivity contribution in [2.75, 3.05) is 0 Å². The molecule has 3 heterocycles. The van der Waals surface area contributed by atoms with Gasteiger partial charge in [-0.05, 0) is 98.8 Å². The van der Waals surface area contributed by atoms with Crippen molar-refractivity contribution in [3.63, 3.8) is 0 Å². The first kappa shape index (κ1) is 28.9. The number of rotatable bonds is 2. The third kappa shape index (κ3) is 3.81. The van der Waals surface area contributed by atoms with Gasteiger partial charge in [-0.3, -0.25) is 4.40 Å². The highest BCUT2D eigenvalue weighted by molar-refractivity contribution is 6.24. The second-order valence-corrected chi connectivity index (χ2v) is 15.2. The Morgan fingerprint density at radius 1 is 0.453 bits per heavy atom. The molecule has 1 aliphatic rings. The molecule has 0 spiro atoms. The molecule has 1 aliphatic carbocycles. The molecule has 0 radical (unpaired) electrons. The van der Waals surface area contributed by atoms with Gasteiger partial charge in [0.2, 0.25) is 0 Å². The molecule has 0 amide bonds. The predicted molar refractivity (Wildman–Crippen MR) is 223 cm³/mol. The van der Waals surface area contributed by atoms with Gasteiger partial charge in [0.05, 0.1) is 27.6 Å². The summed E-state index contributed by atoms with van der Waals surface area (Å²) in [5.74, 6) is 0. The van der Waals surface area contributed by atoms with Crippen LogP contribution in [0.25, 0.3) is 98.9 Å². The molecule has 0 unspecified atom stereocenters. The van der Waals surface area contributed by atoms with Gasteiger partial charge in [-0.15, -0.1) is 0 Å². The van der Waals surface area contributed by atoms with Gasteiger partial charge >= 0.3 is 0 Å². The summed E-state index contributed by atoms with van der Waals surface area (Å²) < 4.78 is 4.83. The van der Waals surface area contributed by atoms with Crippen molar-refractivity contribution in [2.45, 2.75) is 19.3 Å². The summed E-state index contributed by atoms with van der Waals surface area (Å²) in [5.41, 5.74) is 15.7. The fourth-order valence-electron chi connectivity index (χ4n) is 9.57. The zero-order valence-electron chi connectivity index (χ0n) is 29.4. The zero-order valence-corrected chi connectivity index (χ0v) is 29.4. The minimum Gasteiger partial charge on any atom is -0.309 e. The standard InChI is InChI=1S/C50H33N3/c1-50(2)41-18-7-5-16-35(41)39-28-40-36-17-6-9-20-44(36)52(47(40)29-42(39)50)33-14-11-13-31(26-33)32-23-24-37-46(27-32)53-45-21-10-8-19-43(45)51-49(53)38-25-22-30-12-3-4-15-34(30)48(37)38/h3-29H,1-2H3. The molecular weight excluding hydrogens is 643 g/mol. The smallest absolute Gasteiger partial charge is 0.146 e. The minimum atomic E-state index is -0.0767. The summed E-state index contributed by atoms with van der Waals surface area (Å²) in [4.78, 5) is 5.22. The Morgan fingerprint density at radius 3 is 2.13 bits per heavy atom. The first-order chi connectivity index (χ1) is 26.0. The number of para-hydroxylation sites is 3. The molecule has 0 bridgehead atoms. The molecule has 0 atom stereocenters. The van der Waals surface area contributed by atoms with Gasteiger partial charge in [0.1, 0.15) is 5.65 Å². The maximum Gasteiger partial charge on any atom is 0.146 e. The molecule has 0 N–H and O–H groups in total. The van der Waals surface area contributed by atoms with Crippen molar-refractivity contribution < 1.29 is 0 Å². The fraction of sp³-hybridized carbons (Fsp3) is 0.0600. The van der Waals surface area contributed by atoms with Crippen LogP contribution < -0.4 is 0 Å². The second-order valence-electron chi connectivity index (χ2n) is 15.2. The van der Waals surface area contributed by atoms with E-state index in [0.717, 1.165) is 27.9 Å². The molecule has 8 aromatic carbocycles. The lowest BCUT2D eigenvalue weighted by atomic mass is 9.82. The molecule has 0 aliphatic heterocycles. The zero-order chi connectivity index (χ0) is 35.0. The molecule has 0 fully saturated rings.